The van der Waals surface area contributed by atoms with Crippen molar-refractivity contribution in [2.75, 3.05) is 11.1 Å². The van der Waals surface area contributed by atoms with E-state index in [4.69, 9.17) is 17.3 Å². The fourth-order valence-electron chi connectivity index (χ4n) is 0.954. The van der Waals surface area contributed by atoms with Crippen LogP contribution in [0.5, 0.6) is 5.75 Å². The Bertz CT molecular complexity index is 366. The third-order valence-electron chi connectivity index (χ3n) is 1.68. The molecular formula is C9H11ClN2O2. The van der Waals surface area contributed by atoms with Gasteiger partial charge in [0.05, 0.1) is 10.7 Å². The van der Waals surface area contributed by atoms with Gasteiger partial charge in [-0.1, -0.05) is 18.5 Å². The van der Waals surface area contributed by atoms with Gasteiger partial charge >= 0.3 is 0 Å². The van der Waals surface area contributed by atoms with Gasteiger partial charge < -0.3 is 16.2 Å². The fraction of sp³-hybridized carbons (Fsp3) is 0.222. The van der Waals surface area contributed by atoms with Gasteiger partial charge in [0.15, 0.2) is 5.75 Å². The van der Waals surface area contributed by atoms with Crippen LogP contribution in [0.25, 0.3) is 0 Å². The monoisotopic (exact) mass is 214 g/mol. The number of nitrogens with two attached hydrogens (primary N) is 1. The highest BCUT2D eigenvalue weighted by Gasteiger charge is 2.09. The van der Waals surface area contributed by atoms with Crippen molar-refractivity contribution >= 4 is 28.9 Å². The molecule has 4 nitrogen and oxygen atoms in total. The molecule has 0 aliphatic heterocycles. The molecule has 0 aliphatic rings. The van der Waals surface area contributed by atoms with Crippen LogP contribution >= 0.6 is 11.6 Å². The molecule has 1 rings (SSSR count). The quantitative estimate of drug-likeness (QED) is 0.400. The van der Waals surface area contributed by atoms with Gasteiger partial charge in [-0.05, 0) is 12.1 Å². The molecule has 0 radical (unpaired) electrons. The predicted octanol–water partition coefficient (Wildman–Crippen LogP) is 1.98. The topological polar surface area (TPSA) is 75.4 Å². The number of carbonyl (C=O) groups excluding carboxylic acids is 1. The number of nitrogens with one attached hydrogen (secondary N) is 1. The molecule has 0 heterocycles. The van der Waals surface area contributed by atoms with E-state index < -0.39 is 0 Å². The average molecular weight is 215 g/mol. The Hall–Kier alpha value is -1.42. The molecule has 4 N–H and O–H groups in total. The van der Waals surface area contributed by atoms with Crippen molar-refractivity contribution in [1.82, 2.24) is 0 Å². The van der Waals surface area contributed by atoms with E-state index >= 15 is 0 Å². The van der Waals surface area contributed by atoms with Gasteiger partial charge in [-0.2, -0.15) is 0 Å². The molecule has 76 valence electrons. The third kappa shape index (κ3) is 2.29. The SMILES string of the molecule is CCC(=O)Nc1cc(N)cc(Cl)c1O. The lowest BCUT2D eigenvalue weighted by atomic mass is 10.2. The van der Waals surface area contributed by atoms with E-state index in [1.54, 1.807) is 6.92 Å². The standard InChI is InChI=1S/C9H11ClN2O2/c1-2-8(13)12-7-4-5(11)3-6(10)9(7)14/h3-4,14H,2,11H2,1H3,(H,12,13). The number of anilines is 2. The maximum absolute atomic E-state index is 11.0. The number of halogens is 1. The summed E-state index contributed by atoms with van der Waals surface area (Å²) < 4.78 is 0. The number of nitrogen functional groups attached to an aromatic ring is 1. The van der Waals surface area contributed by atoms with Crippen LogP contribution < -0.4 is 11.1 Å². The number of carbonyl (C=O) groups is 1. The Morgan fingerprint density at radius 3 is 2.86 bits per heavy atom. The van der Waals surface area contributed by atoms with Crippen molar-refractivity contribution in [3.63, 3.8) is 0 Å². The zero-order valence-corrected chi connectivity index (χ0v) is 8.43. The highest BCUT2D eigenvalue weighted by Crippen LogP contribution is 2.34. The van der Waals surface area contributed by atoms with Crippen LogP contribution in [0, 0.1) is 0 Å². The molecule has 0 saturated carbocycles. The number of hydrogen-bond acceptors (Lipinski definition) is 3. The third-order valence-corrected chi connectivity index (χ3v) is 1.97. The summed E-state index contributed by atoms with van der Waals surface area (Å²) in [6, 6.07) is 2.87. The Labute approximate surface area is 86.7 Å². The van der Waals surface area contributed by atoms with Crippen LogP contribution in [-0.2, 0) is 4.79 Å². The Kier molecular flexibility index (Phi) is 3.19. The second-order valence-corrected chi connectivity index (χ2v) is 3.21. The number of rotatable bonds is 2. The maximum atomic E-state index is 11.0. The largest absolute Gasteiger partial charge is 0.504 e. The summed E-state index contributed by atoms with van der Waals surface area (Å²) in [4.78, 5) is 11.0. The first-order valence-electron chi connectivity index (χ1n) is 4.12. The van der Waals surface area contributed by atoms with E-state index in [0.29, 0.717) is 12.1 Å². The van der Waals surface area contributed by atoms with Crippen molar-refractivity contribution in [2.45, 2.75) is 13.3 Å². The summed E-state index contributed by atoms with van der Waals surface area (Å²) in [5.41, 5.74) is 6.12. The zero-order valence-electron chi connectivity index (χ0n) is 7.67. The van der Waals surface area contributed by atoms with Gasteiger partial charge in [0.1, 0.15) is 0 Å². The molecule has 0 aromatic heterocycles. The van der Waals surface area contributed by atoms with Crippen molar-refractivity contribution in [1.29, 1.82) is 0 Å². The van der Waals surface area contributed by atoms with Crippen LogP contribution in [0.3, 0.4) is 0 Å². The summed E-state index contributed by atoms with van der Waals surface area (Å²) >= 11 is 5.66. The van der Waals surface area contributed by atoms with Gasteiger partial charge in [0.25, 0.3) is 0 Å². The van der Waals surface area contributed by atoms with Gasteiger partial charge in [0, 0.05) is 12.1 Å². The number of benzene rings is 1. The number of phenols is 1. The molecule has 1 aromatic rings. The van der Waals surface area contributed by atoms with Crippen LogP contribution in [0.15, 0.2) is 12.1 Å². The van der Waals surface area contributed by atoms with Crippen molar-refractivity contribution in [3.05, 3.63) is 17.2 Å². The molecule has 5 heteroatoms. The van der Waals surface area contributed by atoms with E-state index in [9.17, 15) is 9.90 Å². The Morgan fingerprint density at radius 1 is 1.64 bits per heavy atom. The average Bonchev–Trinajstić information content (AvgIpc) is 2.13. The van der Waals surface area contributed by atoms with E-state index in [0.717, 1.165) is 0 Å². The van der Waals surface area contributed by atoms with Crippen LogP contribution in [0.1, 0.15) is 13.3 Å². The lowest BCUT2D eigenvalue weighted by Crippen LogP contribution is -2.09. The van der Waals surface area contributed by atoms with Crippen LogP contribution in [0.4, 0.5) is 11.4 Å². The van der Waals surface area contributed by atoms with Gasteiger partial charge in [-0.25, -0.2) is 0 Å². The van der Waals surface area contributed by atoms with E-state index in [1.807, 2.05) is 0 Å². The Morgan fingerprint density at radius 2 is 2.29 bits per heavy atom. The number of phenolic OH excluding ortho intramolecular Hbond substituents is 1. The summed E-state index contributed by atoms with van der Waals surface area (Å²) in [6.45, 7) is 1.71. The molecule has 14 heavy (non-hydrogen) atoms. The number of aromatic hydroxyl groups is 1. The van der Waals surface area contributed by atoms with Crippen molar-refractivity contribution in [2.24, 2.45) is 0 Å². The van der Waals surface area contributed by atoms with Crippen LogP contribution in [0.2, 0.25) is 5.02 Å². The normalized spacial score (nSPS) is 9.86. The fourth-order valence-corrected chi connectivity index (χ4v) is 1.18. The van der Waals surface area contributed by atoms with Crippen molar-refractivity contribution in [3.8, 4) is 5.75 Å². The smallest absolute Gasteiger partial charge is 0.224 e. The molecule has 0 bridgehead atoms. The lowest BCUT2D eigenvalue weighted by molar-refractivity contribution is -0.115. The van der Waals surface area contributed by atoms with Crippen molar-refractivity contribution < 1.29 is 9.90 Å². The van der Waals surface area contributed by atoms with Gasteiger partial charge in [0.2, 0.25) is 5.91 Å². The summed E-state index contributed by atoms with van der Waals surface area (Å²) in [6.07, 6.45) is 0.325. The van der Waals surface area contributed by atoms with Crippen LogP contribution in [-0.4, -0.2) is 11.0 Å². The highest BCUT2D eigenvalue weighted by atomic mass is 35.5. The van der Waals surface area contributed by atoms with Gasteiger partial charge in [-0.3, -0.25) is 4.79 Å². The summed E-state index contributed by atoms with van der Waals surface area (Å²) in [7, 11) is 0. The predicted molar refractivity (Wildman–Crippen MR) is 56.4 cm³/mol. The minimum Gasteiger partial charge on any atom is -0.504 e. The molecule has 0 spiro atoms. The molecular weight excluding hydrogens is 204 g/mol. The highest BCUT2D eigenvalue weighted by molar-refractivity contribution is 6.33. The molecule has 0 fully saturated rings. The van der Waals surface area contributed by atoms with E-state index in [-0.39, 0.29) is 22.4 Å². The molecule has 0 unspecified atom stereocenters. The molecule has 0 atom stereocenters. The number of amides is 1. The molecule has 0 aliphatic carbocycles. The summed E-state index contributed by atoms with van der Waals surface area (Å²) in [5.74, 6) is -0.371. The Balaban J connectivity index is 3.02. The van der Waals surface area contributed by atoms with E-state index in [1.165, 1.54) is 12.1 Å². The molecule has 1 amide bonds. The minimum atomic E-state index is -0.207. The summed E-state index contributed by atoms with van der Waals surface area (Å²) in [5, 5.41) is 12.1. The maximum Gasteiger partial charge on any atom is 0.224 e. The zero-order chi connectivity index (χ0) is 10.7. The molecule has 1 aromatic carbocycles. The first-order valence-corrected chi connectivity index (χ1v) is 4.50. The first-order chi connectivity index (χ1) is 6.54. The minimum absolute atomic E-state index is 0.122. The molecule has 0 saturated heterocycles. The second kappa shape index (κ2) is 4.19. The van der Waals surface area contributed by atoms with Gasteiger partial charge in [-0.15, -0.1) is 0 Å². The van der Waals surface area contributed by atoms with E-state index in [2.05, 4.69) is 5.32 Å². The lowest BCUT2D eigenvalue weighted by Gasteiger charge is -2.08. The second-order valence-electron chi connectivity index (χ2n) is 2.80. The first kappa shape index (κ1) is 10.7. The number of hydrogen-bond donors (Lipinski definition) is 3.